The zero-order valence-corrected chi connectivity index (χ0v) is 14.5. The molecule has 0 saturated carbocycles. The highest BCUT2D eigenvalue weighted by Crippen LogP contribution is 2.18. The van der Waals surface area contributed by atoms with Crippen LogP contribution in [-0.4, -0.2) is 48.8 Å². The third kappa shape index (κ3) is 4.93. The molecule has 0 radical (unpaired) electrons. The van der Waals surface area contributed by atoms with Gasteiger partial charge in [0.25, 0.3) is 0 Å². The number of hydrogen-bond acceptors (Lipinski definition) is 5. The van der Waals surface area contributed by atoms with Crippen molar-refractivity contribution in [1.29, 1.82) is 0 Å². The Labute approximate surface area is 148 Å². The van der Waals surface area contributed by atoms with Crippen LogP contribution in [0.25, 0.3) is 0 Å². The van der Waals surface area contributed by atoms with Gasteiger partial charge in [0.2, 0.25) is 0 Å². The summed E-state index contributed by atoms with van der Waals surface area (Å²) in [5, 5.41) is 2.61. The summed E-state index contributed by atoms with van der Waals surface area (Å²) in [4.78, 5) is 20.5. The monoisotopic (exact) mass is 340 g/mol. The fraction of sp³-hybridized carbons (Fsp3) is 0.368. The highest BCUT2D eigenvalue weighted by atomic mass is 16.5. The van der Waals surface area contributed by atoms with Gasteiger partial charge in [-0.25, -0.2) is 9.78 Å². The molecule has 6 nitrogen and oxygen atoms in total. The Morgan fingerprint density at radius 2 is 1.88 bits per heavy atom. The molecule has 1 aromatic heterocycles. The van der Waals surface area contributed by atoms with Gasteiger partial charge >= 0.3 is 6.09 Å². The summed E-state index contributed by atoms with van der Waals surface area (Å²) in [6.45, 7) is 7.10. The zero-order valence-electron chi connectivity index (χ0n) is 14.5. The number of ether oxygens (including phenoxy) is 1. The summed E-state index contributed by atoms with van der Waals surface area (Å²) >= 11 is 0. The van der Waals surface area contributed by atoms with Crippen LogP contribution < -0.4 is 10.2 Å². The van der Waals surface area contributed by atoms with Crippen molar-refractivity contribution in [3.63, 3.8) is 0 Å². The lowest BCUT2D eigenvalue weighted by Gasteiger charge is -2.36. The van der Waals surface area contributed by atoms with Crippen LogP contribution in [0.15, 0.2) is 48.7 Å². The molecular weight excluding hydrogens is 316 g/mol. The molecule has 1 aromatic carbocycles. The first-order chi connectivity index (χ1) is 12.2. The number of pyridine rings is 1. The molecule has 0 bridgehead atoms. The summed E-state index contributed by atoms with van der Waals surface area (Å²) in [6.07, 6.45) is 1.33. The van der Waals surface area contributed by atoms with E-state index in [0.717, 1.165) is 38.4 Å². The lowest BCUT2D eigenvalue weighted by molar-refractivity contribution is 0.168. The number of anilines is 2. The molecule has 6 heteroatoms. The maximum absolute atomic E-state index is 11.4. The van der Waals surface area contributed by atoms with Gasteiger partial charge in [-0.3, -0.25) is 10.2 Å². The number of amides is 1. The minimum atomic E-state index is -0.475. The predicted octanol–water partition coefficient (Wildman–Crippen LogP) is 2.97. The number of carbonyl (C=O) groups is 1. The smallest absolute Gasteiger partial charge is 0.412 e. The van der Waals surface area contributed by atoms with Gasteiger partial charge in [0.1, 0.15) is 5.82 Å². The van der Waals surface area contributed by atoms with Gasteiger partial charge in [0, 0.05) is 32.7 Å². The van der Waals surface area contributed by atoms with Crippen molar-refractivity contribution in [3.8, 4) is 0 Å². The average Bonchev–Trinajstić information content (AvgIpc) is 2.64. The van der Waals surface area contributed by atoms with Crippen LogP contribution in [-0.2, 0) is 11.3 Å². The summed E-state index contributed by atoms with van der Waals surface area (Å²) < 4.78 is 4.85. The number of rotatable bonds is 5. The van der Waals surface area contributed by atoms with E-state index in [9.17, 15) is 4.79 Å². The lowest BCUT2D eigenvalue weighted by Crippen LogP contribution is -2.46. The van der Waals surface area contributed by atoms with Gasteiger partial charge in [-0.1, -0.05) is 30.3 Å². The van der Waals surface area contributed by atoms with Crippen molar-refractivity contribution in [2.45, 2.75) is 13.5 Å². The molecule has 1 N–H and O–H groups in total. The Morgan fingerprint density at radius 1 is 1.12 bits per heavy atom. The molecule has 3 rings (SSSR count). The largest absolute Gasteiger partial charge is 0.450 e. The van der Waals surface area contributed by atoms with Crippen molar-refractivity contribution in [2.75, 3.05) is 43.0 Å². The Morgan fingerprint density at radius 3 is 2.52 bits per heavy atom. The molecule has 2 aromatic rings. The molecule has 25 heavy (non-hydrogen) atoms. The van der Waals surface area contributed by atoms with Crippen LogP contribution in [0.5, 0.6) is 0 Å². The van der Waals surface area contributed by atoms with E-state index >= 15 is 0 Å². The second-order valence-electron chi connectivity index (χ2n) is 6.00. The third-order valence-corrected chi connectivity index (χ3v) is 4.24. The van der Waals surface area contributed by atoms with Crippen molar-refractivity contribution in [2.24, 2.45) is 0 Å². The van der Waals surface area contributed by atoms with Gasteiger partial charge in [-0.15, -0.1) is 0 Å². The maximum atomic E-state index is 11.4. The fourth-order valence-corrected chi connectivity index (χ4v) is 2.92. The molecule has 0 spiro atoms. The van der Waals surface area contributed by atoms with E-state index in [-0.39, 0.29) is 0 Å². The first-order valence-corrected chi connectivity index (χ1v) is 8.65. The fourth-order valence-electron chi connectivity index (χ4n) is 2.92. The molecule has 1 aliphatic rings. The van der Waals surface area contributed by atoms with Gasteiger partial charge < -0.3 is 9.64 Å². The molecule has 0 aliphatic carbocycles. The van der Waals surface area contributed by atoms with E-state index in [2.05, 4.69) is 50.4 Å². The van der Waals surface area contributed by atoms with Crippen molar-refractivity contribution >= 4 is 17.6 Å². The predicted molar refractivity (Wildman–Crippen MR) is 98.8 cm³/mol. The summed E-state index contributed by atoms with van der Waals surface area (Å²) in [5.41, 5.74) is 2.43. The van der Waals surface area contributed by atoms with Crippen LogP contribution in [0.1, 0.15) is 12.5 Å². The van der Waals surface area contributed by atoms with Gasteiger partial charge in [-0.2, -0.15) is 0 Å². The van der Waals surface area contributed by atoms with E-state index in [4.69, 9.17) is 4.74 Å². The normalized spacial score (nSPS) is 15.0. The molecule has 1 saturated heterocycles. The molecule has 132 valence electrons. The Balaban J connectivity index is 1.50. The second-order valence-corrected chi connectivity index (χ2v) is 6.00. The third-order valence-electron chi connectivity index (χ3n) is 4.24. The molecule has 2 heterocycles. The Hall–Kier alpha value is -2.60. The van der Waals surface area contributed by atoms with Crippen LogP contribution in [0.3, 0.4) is 0 Å². The number of nitrogens with one attached hydrogen (secondary N) is 1. The summed E-state index contributed by atoms with van der Waals surface area (Å²) in [6, 6.07) is 14.4. The van der Waals surface area contributed by atoms with Gasteiger partial charge in [0.15, 0.2) is 0 Å². The van der Waals surface area contributed by atoms with Crippen LogP contribution >= 0.6 is 0 Å². The van der Waals surface area contributed by atoms with E-state index in [1.54, 1.807) is 13.1 Å². The highest BCUT2D eigenvalue weighted by molar-refractivity contribution is 5.83. The van der Waals surface area contributed by atoms with E-state index in [1.165, 1.54) is 5.56 Å². The van der Waals surface area contributed by atoms with Crippen molar-refractivity contribution < 1.29 is 9.53 Å². The quantitative estimate of drug-likeness (QED) is 0.907. The molecule has 1 aliphatic heterocycles. The molecule has 1 fully saturated rings. The van der Waals surface area contributed by atoms with Crippen molar-refractivity contribution in [1.82, 2.24) is 9.88 Å². The Kier molecular flexibility index (Phi) is 5.85. The standard InChI is InChI=1S/C19H24N4O2/c1-2-25-19(24)21-18-9-8-17(14-20-18)23-12-10-22(11-13-23)15-16-6-4-3-5-7-16/h3-9,14H,2,10-13,15H2,1H3,(H,20,21,24). The van der Waals surface area contributed by atoms with E-state index in [1.807, 2.05) is 12.1 Å². The number of hydrogen-bond donors (Lipinski definition) is 1. The molecule has 0 atom stereocenters. The summed E-state index contributed by atoms with van der Waals surface area (Å²) in [7, 11) is 0. The number of carbonyl (C=O) groups excluding carboxylic acids is 1. The average molecular weight is 340 g/mol. The topological polar surface area (TPSA) is 57.7 Å². The lowest BCUT2D eigenvalue weighted by atomic mass is 10.2. The minimum absolute atomic E-state index is 0.344. The first kappa shape index (κ1) is 17.2. The first-order valence-electron chi connectivity index (χ1n) is 8.65. The van der Waals surface area contributed by atoms with E-state index in [0.29, 0.717) is 12.4 Å². The molecule has 0 unspecified atom stereocenters. The number of benzene rings is 1. The van der Waals surface area contributed by atoms with Gasteiger partial charge in [-0.05, 0) is 24.6 Å². The molecular formula is C19H24N4O2. The number of nitrogens with zero attached hydrogens (tertiary/aromatic N) is 3. The number of piperazine rings is 1. The maximum Gasteiger partial charge on any atom is 0.412 e. The highest BCUT2D eigenvalue weighted by Gasteiger charge is 2.17. The van der Waals surface area contributed by atoms with Crippen LogP contribution in [0, 0.1) is 0 Å². The number of aromatic nitrogens is 1. The van der Waals surface area contributed by atoms with Gasteiger partial charge in [0.05, 0.1) is 18.5 Å². The van der Waals surface area contributed by atoms with Crippen LogP contribution in [0.2, 0.25) is 0 Å². The van der Waals surface area contributed by atoms with Crippen molar-refractivity contribution in [3.05, 3.63) is 54.2 Å². The van der Waals surface area contributed by atoms with E-state index < -0.39 is 6.09 Å². The zero-order chi connectivity index (χ0) is 17.5. The Bertz CT molecular complexity index is 668. The minimum Gasteiger partial charge on any atom is -0.450 e. The molecule has 1 amide bonds. The second kappa shape index (κ2) is 8.48. The summed E-state index contributed by atoms with van der Waals surface area (Å²) in [5.74, 6) is 0.505. The SMILES string of the molecule is CCOC(=O)Nc1ccc(N2CCN(Cc3ccccc3)CC2)cn1. The van der Waals surface area contributed by atoms with Crippen LogP contribution in [0.4, 0.5) is 16.3 Å².